The van der Waals surface area contributed by atoms with Gasteiger partial charge in [-0.3, -0.25) is 4.79 Å². The molecule has 3 fully saturated rings. The number of thioether (sulfide) groups is 1. The SMILES string of the molecule is C=C[C@@H]1CCO[C@@H]2[C@H](CN[C@@H]2C(=O)N[C@H](C(C)C)[C@H]2OC(SC)[C@H](O)C(O)C2O)C1. The Balaban J connectivity index is 1.71. The predicted molar refractivity (Wildman–Crippen MR) is 115 cm³/mol. The number of fused-ring (bicyclic) bond motifs is 1. The van der Waals surface area contributed by atoms with E-state index in [2.05, 4.69) is 17.2 Å². The monoisotopic (exact) mass is 444 g/mol. The Hall–Kier alpha value is -0.680. The standard InChI is InChI=1S/C21H36N2O6S/c1-5-11-6-7-28-18-12(8-11)9-22-14(18)20(27)23-13(10(2)3)19-16(25)15(24)17(26)21(29-19)30-4/h5,10-19,21-22,24-26H,1,6-9H2,2-4H3,(H,23,27)/t11-,12+,13-,14+,15?,16?,17-,18-,19-,21?/m1/s1. The van der Waals surface area contributed by atoms with Crippen molar-refractivity contribution in [2.75, 3.05) is 19.4 Å². The lowest BCUT2D eigenvalue weighted by Gasteiger charge is -2.44. The van der Waals surface area contributed by atoms with Crippen LogP contribution < -0.4 is 10.6 Å². The summed E-state index contributed by atoms with van der Waals surface area (Å²) in [5, 5.41) is 37.3. The van der Waals surface area contributed by atoms with E-state index in [4.69, 9.17) is 9.47 Å². The van der Waals surface area contributed by atoms with E-state index in [1.165, 1.54) is 11.8 Å². The summed E-state index contributed by atoms with van der Waals surface area (Å²) in [6, 6.07) is -1.01. The highest BCUT2D eigenvalue weighted by Gasteiger charge is 2.49. The lowest BCUT2D eigenvalue weighted by Crippen LogP contribution is -2.65. The van der Waals surface area contributed by atoms with Gasteiger partial charge < -0.3 is 35.4 Å². The molecular weight excluding hydrogens is 408 g/mol. The largest absolute Gasteiger partial charge is 0.388 e. The van der Waals surface area contributed by atoms with Gasteiger partial charge in [0.25, 0.3) is 0 Å². The van der Waals surface area contributed by atoms with Gasteiger partial charge in [-0.15, -0.1) is 18.3 Å². The maximum absolute atomic E-state index is 13.2. The molecule has 0 aromatic carbocycles. The van der Waals surface area contributed by atoms with Crippen molar-refractivity contribution in [2.24, 2.45) is 17.8 Å². The molecule has 3 aliphatic rings. The second-order valence-electron chi connectivity index (χ2n) is 8.96. The van der Waals surface area contributed by atoms with Gasteiger partial charge in [0, 0.05) is 19.1 Å². The lowest BCUT2D eigenvalue weighted by atomic mass is 9.88. The number of aliphatic hydroxyl groups excluding tert-OH is 3. The summed E-state index contributed by atoms with van der Waals surface area (Å²) >= 11 is 1.26. The van der Waals surface area contributed by atoms with E-state index in [1.54, 1.807) is 6.26 Å². The van der Waals surface area contributed by atoms with Crippen LogP contribution in [-0.2, 0) is 14.3 Å². The Kier molecular flexibility index (Phi) is 8.22. The second-order valence-corrected chi connectivity index (χ2v) is 9.89. The minimum absolute atomic E-state index is 0.0593. The van der Waals surface area contributed by atoms with Crippen LogP contribution in [0.15, 0.2) is 12.7 Å². The Morgan fingerprint density at radius 3 is 2.63 bits per heavy atom. The van der Waals surface area contributed by atoms with Gasteiger partial charge in [-0.05, 0) is 30.9 Å². The van der Waals surface area contributed by atoms with Crippen LogP contribution in [0.2, 0.25) is 0 Å². The molecule has 1 amide bonds. The molecule has 3 saturated heterocycles. The van der Waals surface area contributed by atoms with Crippen LogP contribution in [0.1, 0.15) is 26.7 Å². The van der Waals surface area contributed by atoms with Gasteiger partial charge in [-0.2, -0.15) is 0 Å². The van der Waals surface area contributed by atoms with Crippen LogP contribution in [0, 0.1) is 17.8 Å². The Morgan fingerprint density at radius 1 is 1.27 bits per heavy atom. The second kappa shape index (κ2) is 10.3. The average Bonchev–Trinajstić information content (AvgIpc) is 3.00. The highest BCUT2D eigenvalue weighted by Crippen LogP contribution is 2.33. The molecule has 3 aliphatic heterocycles. The summed E-state index contributed by atoms with van der Waals surface area (Å²) in [6.07, 6.45) is 0.730. The molecule has 10 atom stereocenters. The third-order valence-corrected chi connectivity index (χ3v) is 7.49. The van der Waals surface area contributed by atoms with Crippen LogP contribution in [0.5, 0.6) is 0 Å². The fraction of sp³-hybridized carbons (Fsp3) is 0.857. The molecule has 8 nitrogen and oxygen atoms in total. The first-order valence-corrected chi connectivity index (χ1v) is 12.1. The number of aliphatic hydroxyl groups is 3. The molecule has 30 heavy (non-hydrogen) atoms. The Labute approximate surface area is 182 Å². The normalized spacial score (nSPS) is 43.0. The molecule has 0 spiro atoms. The Bertz CT molecular complexity index is 606. The Morgan fingerprint density at radius 2 is 2.00 bits per heavy atom. The van der Waals surface area contributed by atoms with Crippen molar-refractivity contribution in [3.05, 3.63) is 12.7 Å². The maximum atomic E-state index is 13.2. The zero-order valence-corrected chi connectivity index (χ0v) is 18.8. The number of ether oxygens (including phenoxy) is 2. The van der Waals surface area contributed by atoms with Gasteiger partial charge >= 0.3 is 0 Å². The molecule has 0 aromatic heterocycles. The first kappa shape index (κ1) is 24.0. The molecule has 0 saturated carbocycles. The topological polar surface area (TPSA) is 120 Å². The zero-order valence-electron chi connectivity index (χ0n) is 17.9. The van der Waals surface area contributed by atoms with E-state index >= 15 is 0 Å². The van der Waals surface area contributed by atoms with Crippen LogP contribution >= 0.6 is 11.8 Å². The van der Waals surface area contributed by atoms with Gasteiger partial charge in [0.1, 0.15) is 35.9 Å². The van der Waals surface area contributed by atoms with Gasteiger partial charge in [-0.1, -0.05) is 19.9 Å². The zero-order chi connectivity index (χ0) is 22.0. The highest BCUT2D eigenvalue weighted by atomic mass is 32.2. The van der Waals surface area contributed by atoms with Crippen molar-refractivity contribution >= 4 is 17.7 Å². The van der Waals surface area contributed by atoms with E-state index in [0.717, 1.165) is 12.8 Å². The van der Waals surface area contributed by atoms with Crippen molar-refractivity contribution < 1.29 is 29.6 Å². The fourth-order valence-corrected chi connectivity index (χ4v) is 5.48. The van der Waals surface area contributed by atoms with E-state index in [-0.39, 0.29) is 23.8 Å². The molecule has 5 N–H and O–H groups in total. The molecule has 0 aromatic rings. The van der Waals surface area contributed by atoms with Crippen molar-refractivity contribution in [1.82, 2.24) is 10.6 Å². The molecule has 172 valence electrons. The summed E-state index contributed by atoms with van der Waals surface area (Å²) < 4.78 is 11.9. The molecule has 3 unspecified atom stereocenters. The lowest BCUT2D eigenvalue weighted by molar-refractivity contribution is -0.208. The van der Waals surface area contributed by atoms with Crippen LogP contribution in [0.4, 0.5) is 0 Å². The molecule has 0 radical (unpaired) electrons. The quantitative estimate of drug-likeness (QED) is 0.359. The molecule has 0 bridgehead atoms. The number of amides is 1. The van der Waals surface area contributed by atoms with Crippen molar-refractivity contribution in [1.29, 1.82) is 0 Å². The van der Waals surface area contributed by atoms with E-state index in [1.807, 2.05) is 19.9 Å². The summed E-state index contributed by atoms with van der Waals surface area (Å²) in [4.78, 5) is 13.2. The fourth-order valence-electron chi connectivity index (χ4n) is 4.80. The number of hydrogen-bond donors (Lipinski definition) is 5. The minimum atomic E-state index is -1.34. The molecule has 3 rings (SSSR count). The van der Waals surface area contributed by atoms with Crippen molar-refractivity contribution in [3.63, 3.8) is 0 Å². The minimum Gasteiger partial charge on any atom is -0.388 e. The van der Waals surface area contributed by atoms with Gasteiger partial charge in [0.05, 0.1) is 12.1 Å². The maximum Gasteiger partial charge on any atom is 0.240 e. The molecule has 0 aliphatic carbocycles. The highest BCUT2D eigenvalue weighted by molar-refractivity contribution is 7.99. The van der Waals surface area contributed by atoms with Gasteiger partial charge in [-0.25, -0.2) is 0 Å². The third-order valence-electron chi connectivity index (χ3n) is 6.63. The summed E-state index contributed by atoms with van der Waals surface area (Å²) in [7, 11) is 0. The first-order chi connectivity index (χ1) is 14.3. The average molecular weight is 445 g/mol. The predicted octanol–water partition coefficient (Wildman–Crippen LogP) is -0.133. The number of allylic oxidation sites excluding steroid dienone is 1. The number of carbonyl (C=O) groups is 1. The number of nitrogens with one attached hydrogen (secondary N) is 2. The number of rotatable bonds is 6. The number of hydrogen-bond acceptors (Lipinski definition) is 8. The van der Waals surface area contributed by atoms with Crippen molar-refractivity contribution in [2.45, 2.75) is 74.7 Å². The molecular formula is C21H36N2O6S. The van der Waals surface area contributed by atoms with E-state index in [0.29, 0.717) is 19.1 Å². The van der Waals surface area contributed by atoms with E-state index in [9.17, 15) is 20.1 Å². The summed E-state index contributed by atoms with van der Waals surface area (Å²) in [6.45, 7) is 9.06. The summed E-state index contributed by atoms with van der Waals surface area (Å²) in [5.74, 6) is 0.388. The van der Waals surface area contributed by atoms with Crippen LogP contribution in [0.25, 0.3) is 0 Å². The van der Waals surface area contributed by atoms with Gasteiger partial charge in [0.2, 0.25) is 5.91 Å². The first-order valence-electron chi connectivity index (χ1n) is 10.8. The molecule has 9 heteroatoms. The van der Waals surface area contributed by atoms with E-state index < -0.39 is 41.9 Å². The van der Waals surface area contributed by atoms with Crippen LogP contribution in [-0.4, -0.2) is 88.7 Å². The molecule has 3 heterocycles. The summed E-state index contributed by atoms with van der Waals surface area (Å²) in [5.41, 5.74) is -0.679. The number of carbonyl (C=O) groups excluding carboxylic acids is 1. The third kappa shape index (κ3) is 4.87. The van der Waals surface area contributed by atoms with Crippen molar-refractivity contribution in [3.8, 4) is 0 Å². The smallest absolute Gasteiger partial charge is 0.240 e. The van der Waals surface area contributed by atoms with Gasteiger partial charge in [0.15, 0.2) is 0 Å². The van der Waals surface area contributed by atoms with Crippen LogP contribution in [0.3, 0.4) is 0 Å².